The summed E-state index contributed by atoms with van der Waals surface area (Å²) in [5, 5.41) is 21.7. The van der Waals surface area contributed by atoms with Gasteiger partial charge < -0.3 is 10.2 Å². The van der Waals surface area contributed by atoms with Crippen molar-refractivity contribution in [3.8, 4) is 0 Å². The summed E-state index contributed by atoms with van der Waals surface area (Å²) in [4.78, 5) is 1.15. The molecule has 2 atom stereocenters. The van der Waals surface area contributed by atoms with Gasteiger partial charge in [-0.1, -0.05) is 20.8 Å². The second-order valence-corrected chi connectivity index (χ2v) is 5.86. The molecule has 0 aliphatic rings. The van der Waals surface area contributed by atoms with Crippen molar-refractivity contribution in [2.75, 3.05) is 0 Å². The first kappa shape index (κ1) is 11.7. The van der Waals surface area contributed by atoms with Gasteiger partial charge in [0.05, 0.1) is 6.10 Å². The third-order valence-corrected chi connectivity index (χ3v) is 3.16. The minimum absolute atomic E-state index is 0.296. The molecule has 1 rings (SSSR count). The Hall–Kier alpha value is -0.380. The molecule has 0 radical (unpaired) electrons. The fraction of sp³-hybridized carbons (Fsp3) is 0.636. The zero-order chi connectivity index (χ0) is 10.9. The van der Waals surface area contributed by atoms with E-state index in [1.165, 1.54) is 0 Å². The molecule has 80 valence electrons. The average Bonchev–Trinajstić information content (AvgIpc) is 2.47. The van der Waals surface area contributed by atoms with Crippen LogP contribution in [-0.4, -0.2) is 16.3 Å². The van der Waals surface area contributed by atoms with Crippen LogP contribution in [0.1, 0.15) is 37.3 Å². The standard InChI is InChI=1S/C11H18O2S/c1-7-5-8(6-14-7)9(12)10(13)11(2,3)4/h5-6,9-10,12-13H,1-4H3. The van der Waals surface area contributed by atoms with Crippen molar-refractivity contribution in [3.63, 3.8) is 0 Å². The maximum Gasteiger partial charge on any atom is 0.106 e. The van der Waals surface area contributed by atoms with Crippen LogP contribution in [-0.2, 0) is 0 Å². The van der Waals surface area contributed by atoms with Crippen molar-refractivity contribution in [3.05, 3.63) is 21.9 Å². The van der Waals surface area contributed by atoms with E-state index in [1.54, 1.807) is 11.3 Å². The highest BCUT2D eigenvalue weighted by Crippen LogP contribution is 2.31. The number of rotatable bonds is 2. The molecule has 3 heteroatoms. The SMILES string of the molecule is Cc1cc(C(O)C(O)C(C)(C)C)cs1. The molecule has 1 aromatic rings. The third-order valence-electron chi connectivity index (χ3n) is 2.28. The Bertz CT molecular complexity index is 298. The van der Waals surface area contributed by atoms with Crippen LogP contribution in [0.15, 0.2) is 11.4 Å². The summed E-state index contributed by atoms with van der Waals surface area (Å²) in [6.07, 6.45) is -1.50. The minimum atomic E-state index is -0.778. The summed E-state index contributed by atoms with van der Waals surface area (Å²) in [5.74, 6) is 0. The minimum Gasteiger partial charge on any atom is -0.390 e. The molecule has 1 heterocycles. The molecule has 0 spiro atoms. The van der Waals surface area contributed by atoms with Gasteiger partial charge in [0.2, 0.25) is 0 Å². The highest BCUT2D eigenvalue weighted by Gasteiger charge is 2.30. The second-order valence-electron chi connectivity index (χ2n) is 4.75. The second kappa shape index (κ2) is 4.01. The monoisotopic (exact) mass is 214 g/mol. The molecule has 0 saturated carbocycles. The molecule has 0 aliphatic carbocycles. The number of hydrogen-bond acceptors (Lipinski definition) is 3. The molecular weight excluding hydrogens is 196 g/mol. The van der Waals surface area contributed by atoms with E-state index in [-0.39, 0.29) is 5.41 Å². The topological polar surface area (TPSA) is 40.5 Å². The van der Waals surface area contributed by atoms with E-state index in [0.29, 0.717) is 0 Å². The molecule has 0 bridgehead atoms. The van der Waals surface area contributed by atoms with E-state index in [4.69, 9.17) is 0 Å². The Kier molecular flexibility index (Phi) is 3.35. The van der Waals surface area contributed by atoms with Crippen molar-refractivity contribution < 1.29 is 10.2 Å². The molecule has 2 N–H and O–H groups in total. The molecule has 0 saturated heterocycles. The van der Waals surface area contributed by atoms with Gasteiger partial charge in [0.25, 0.3) is 0 Å². The lowest BCUT2D eigenvalue weighted by Crippen LogP contribution is -2.32. The predicted octanol–water partition coefficient (Wildman–Crippen LogP) is 2.50. The third kappa shape index (κ3) is 2.56. The number of aliphatic hydroxyl groups excluding tert-OH is 2. The van der Waals surface area contributed by atoms with E-state index in [1.807, 2.05) is 39.1 Å². The number of thiophene rings is 1. The Morgan fingerprint density at radius 2 is 1.86 bits per heavy atom. The van der Waals surface area contributed by atoms with Crippen LogP contribution in [0.3, 0.4) is 0 Å². The van der Waals surface area contributed by atoms with E-state index in [0.717, 1.165) is 10.4 Å². The van der Waals surface area contributed by atoms with Gasteiger partial charge in [-0.25, -0.2) is 0 Å². The average molecular weight is 214 g/mol. The quantitative estimate of drug-likeness (QED) is 0.794. The van der Waals surface area contributed by atoms with Gasteiger partial charge in [0.15, 0.2) is 0 Å². The molecule has 1 aromatic heterocycles. The molecule has 0 amide bonds. The van der Waals surface area contributed by atoms with Gasteiger partial charge in [-0.15, -0.1) is 11.3 Å². The molecule has 0 aromatic carbocycles. The number of aryl methyl sites for hydroxylation is 1. The first-order valence-electron chi connectivity index (χ1n) is 4.73. The fourth-order valence-corrected chi connectivity index (χ4v) is 2.01. The molecule has 14 heavy (non-hydrogen) atoms. The van der Waals surface area contributed by atoms with Gasteiger partial charge in [-0.05, 0) is 29.3 Å². The van der Waals surface area contributed by atoms with E-state index in [2.05, 4.69) is 0 Å². The lowest BCUT2D eigenvalue weighted by Gasteiger charge is -2.29. The lowest BCUT2D eigenvalue weighted by atomic mass is 9.84. The Morgan fingerprint density at radius 3 is 2.21 bits per heavy atom. The van der Waals surface area contributed by atoms with Crippen LogP contribution >= 0.6 is 11.3 Å². The first-order chi connectivity index (χ1) is 6.32. The van der Waals surface area contributed by atoms with Crippen LogP contribution in [0.4, 0.5) is 0 Å². The number of hydrogen-bond donors (Lipinski definition) is 2. The van der Waals surface area contributed by atoms with Gasteiger partial charge in [-0.2, -0.15) is 0 Å². The zero-order valence-electron chi connectivity index (χ0n) is 9.11. The van der Waals surface area contributed by atoms with Crippen molar-refractivity contribution in [1.29, 1.82) is 0 Å². The van der Waals surface area contributed by atoms with E-state index >= 15 is 0 Å². The van der Waals surface area contributed by atoms with Crippen LogP contribution in [0, 0.1) is 12.3 Å². The normalized spacial score (nSPS) is 16.7. The van der Waals surface area contributed by atoms with Crippen molar-refractivity contribution >= 4 is 11.3 Å². The lowest BCUT2D eigenvalue weighted by molar-refractivity contribution is -0.0456. The summed E-state index contributed by atoms with van der Waals surface area (Å²) in [5.41, 5.74) is 0.518. The Morgan fingerprint density at radius 1 is 1.29 bits per heavy atom. The summed E-state index contributed by atoms with van der Waals surface area (Å²) >= 11 is 1.59. The molecule has 0 fully saturated rings. The molecule has 2 unspecified atom stereocenters. The summed E-state index contributed by atoms with van der Waals surface area (Å²) in [7, 11) is 0. The van der Waals surface area contributed by atoms with Crippen LogP contribution in [0.2, 0.25) is 0 Å². The van der Waals surface area contributed by atoms with Gasteiger partial charge in [0, 0.05) is 4.88 Å². The first-order valence-corrected chi connectivity index (χ1v) is 5.61. The van der Waals surface area contributed by atoms with Crippen molar-refractivity contribution in [2.24, 2.45) is 5.41 Å². The predicted molar refractivity (Wildman–Crippen MR) is 59.5 cm³/mol. The van der Waals surface area contributed by atoms with Crippen LogP contribution in [0.25, 0.3) is 0 Å². The van der Waals surface area contributed by atoms with Gasteiger partial charge in [0.1, 0.15) is 6.10 Å². The van der Waals surface area contributed by atoms with Crippen LogP contribution in [0.5, 0.6) is 0 Å². The Labute approximate surface area is 89.2 Å². The molecule has 2 nitrogen and oxygen atoms in total. The van der Waals surface area contributed by atoms with E-state index < -0.39 is 12.2 Å². The largest absolute Gasteiger partial charge is 0.390 e. The van der Waals surface area contributed by atoms with Gasteiger partial charge >= 0.3 is 0 Å². The Balaban J connectivity index is 2.80. The van der Waals surface area contributed by atoms with Gasteiger partial charge in [-0.3, -0.25) is 0 Å². The summed E-state index contributed by atoms with van der Waals surface area (Å²) in [6, 6.07) is 1.92. The van der Waals surface area contributed by atoms with Crippen molar-refractivity contribution in [2.45, 2.75) is 39.9 Å². The van der Waals surface area contributed by atoms with Crippen LogP contribution < -0.4 is 0 Å². The smallest absolute Gasteiger partial charge is 0.106 e. The highest BCUT2D eigenvalue weighted by atomic mass is 32.1. The maximum absolute atomic E-state index is 9.89. The summed E-state index contributed by atoms with van der Waals surface area (Å²) in [6.45, 7) is 7.74. The summed E-state index contributed by atoms with van der Waals surface area (Å²) < 4.78 is 0. The highest BCUT2D eigenvalue weighted by molar-refractivity contribution is 7.10. The molecular formula is C11H18O2S. The number of aliphatic hydroxyl groups is 2. The van der Waals surface area contributed by atoms with E-state index in [9.17, 15) is 10.2 Å². The zero-order valence-corrected chi connectivity index (χ0v) is 9.93. The maximum atomic E-state index is 9.89. The fourth-order valence-electron chi connectivity index (χ4n) is 1.27. The van der Waals surface area contributed by atoms with Crippen molar-refractivity contribution in [1.82, 2.24) is 0 Å². The molecule has 0 aliphatic heterocycles.